The number of carbonyl (C=O) groups is 2. The van der Waals surface area contributed by atoms with E-state index in [0.29, 0.717) is 24.7 Å². The van der Waals surface area contributed by atoms with Gasteiger partial charge < -0.3 is 19.3 Å². The highest BCUT2D eigenvalue weighted by molar-refractivity contribution is 9.10. The molecular formula is C21H31BrN2O4. The summed E-state index contributed by atoms with van der Waals surface area (Å²) in [6.07, 6.45) is 1.46. The van der Waals surface area contributed by atoms with Gasteiger partial charge in [0.25, 0.3) is 0 Å². The van der Waals surface area contributed by atoms with Crippen LogP contribution in [-0.2, 0) is 9.47 Å². The second kappa shape index (κ2) is 9.16. The third kappa shape index (κ3) is 5.40. The third-order valence-electron chi connectivity index (χ3n) is 4.96. The molecular weight excluding hydrogens is 424 g/mol. The number of piperidine rings is 1. The Bertz CT molecular complexity index is 722. The van der Waals surface area contributed by atoms with Crippen molar-refractivity contribution in [2.24, 2.45) is 0 Å². The number of nitrogens with zero attached hydrogens (tertiary/aromatic N) is 2. The summed E-state index contributed by atoms with van der Waals surface area (Å²) in [5, 5.41) is 0. The van der Waals surface area contributed by atoms with Gasteiger partial charge >= 0.3 is 12.1 Å². The minimum absolute atomic E-state index is 0.249. The first-order valence-corrected chi connectivity index (χ1v) is 10.5. The van der Waals surface area contributed by atoms with E-state index >= 15 is 0 Å². The van der Waals surface area contributed by atoms with E-state index in [2.05, 4.69) is 27.8 Å². The lowest BCUT2D eigenvalue weighted by atomic mass is 9.99. The van der Waals surface area contributed by atoms with E-state index < -0.39 is 5.60 Å². The molecule has 28 heavy (non-hydrogen) atoms. The molecule has 156 valence electrons. The van der Waals surface area contributed by atoms with Gasteiger partial charge in [0, 0.05) is 35.8 Å². The Morgan fingerprint density at radius 2 is 1.86 bits per heavy atom. The Kier molecular flexibility index (Phi) is 7.37. The summed E-state index contributed by atoms with van der Waals surface area (Å²) in [6, 6.07) is 4.14. The molecule has 0 spiro atoms. The Morgan fingerprint density at radius 3 is 2.36 bits per heavy atom. The average Bonchev–Trinajstić information content (AvgIpc) is 2.63. The van der Waals surface area contributed by atoms with Crippen LogP contribution in [-0.4, -0.2) is 55.3 Å². The first-order chi connectivity index (χ1) is 13.1. The van der Waals surface area contributed by atoms with Gasteiger partial charge in [-0.3, -0.25) is 0 Å². The van der Waals surface area contributed by atoms with Gasteiger partial charge in [-0.2, -0.15) is 0 Å². The number of methoxy groups -OCH3 is 1. The van der Waals surface area contributed by atoms with Gasteiger partial charge in [0.15, 0.2) is 0 Å². The Hall–Kier alpha value is -1.76. The Labute approximate surface area is 176 Å². The summed E-state index contributed by atoms with van der Waals surface area (Å²) in [5.74, 6) is -0.337. The zero-order valence-electron chi connectivity index (χ0n) is 17.7. The molecule has 0 saturated carbocycles. The van der Waals surface area contributed by atoms with Crippen LogP contribution in [0.4, 0.5) is 10.5 Å². The van der Waals surface area contributed by atoms with Crippen LogP contribution in [0, 0.1) is 6.92 Å². The highest BCUT2D eigenvalue weighted by Crippen LogP contribution is 2.32. The van der Waals surface area contributed by atoms with E-state index in [1.165, 1.54) is 7.11 Å². The van der Waals surface area contributed by atoms with Gasteiger partial charge in [0.2, 0.25) is 0 Å². The van der Waals surface area contributed by atoms with Crippen LogP contribution in [0.5, 0.6) is 0 Å². The van der Waals surface area contributed by atoms with E-state index in [1.807, 2.05) is 33.8 Å². The monoisotopic (exact) mass is 454 g/mol. The lowest BCUT2D eigenvalue weighted by Gasteiger charge is -2.40. The van der Waals surface area contributed by atoms with Crippen LogP contribution in [0.15, 0.2) is 16.6 Å². The number of hydrogen-bond donors (Lipinski definition) is 0. The van der Waals surface area contributed by atoms with Crippen LogP contribution < -0.4 is 4.90 Å². The van der Waals surface area contributed by atoms with E-state index in [4.69, 9.17) is 9.47 Å². The number of likely N-dealkylation sites (tertiary alicyclic amines) is 1. The van der Waals surface area contributed by atoms with Gasteiger partial charge in [-0.15, -0.1) is 0 Å². The summed E-state index contributed by atoms with van der Waals surface area (Å²) >= 11 is 3.52. The van der Waals surface area contributed by atoms with Crippen LogP contribution >= 0.6 is 15.9 Å². The molecule has 0 radical (unpaired) electrons. The van der Waals surface area contributed by atoms with Crippen molar-refractivity contribution < 1.29 is 19.1 Å². The summed E-state index contributed by atoms with van der Waals surface area (Å²) in [7, 11) is 1.40. The second-order valence-corrected chi connectivity index (χ2v) is 8.99. The first kappa shape index (κ1) is 22.5. The lowest BCUT2D eigenvalue weighted by molar-refractivity contribution is 0.0204. The SMILES string of the molecule is CCN(c1cc(Br)cc(C(=O)OC)c1C)C1CCN(C(=O)OC(C)(C)C)CC1. The minimum Gasteiger partial charge on any atom is -0.465 e. The second-order valence-electron chi connectivity index (χ2n) is 8.07. The van der Waals surface area contributed by atoms with Gasteiger partial charge in [0.1, 0.15) is 5.60 Å². The van der Waals surface area contributed by atoms with E-state index in [1.54, 1.807) is 11.0 Å². The number of benzene rings is 1. The molecule has 1 amide bonds. The number of anilines is 1. The topological polar surface area (TPSA) is 59.1 Å². The Balaban J connectivity index is 2.17. The number of ether oxygens (including phenoxy) is 2. The normalized spacial score (nSPS) is 15.3. The van der Waals surface area contributed by atoms with Gasteiger partial charge in [-0.25, -0.2) is 9.59 Å². The maximum absolute atomic E-state index is 12.3. The molecule has 7 heteroatoms. The van der Waals surface area contributed by atoms with Crippen LogP contribution in [0.25, 0.3) is 0 Å². The average molecular weight is 455 g/mol. The predicted molar refractivity (Wildman–Crippen MR) is 114 cm³/mol. The van der Waals surface area contributed by atoms with Gasteiger partial charge in [-0.1, -0.05) is 15.9 Å². The number of carbonyl (C=O) groups excluding carboxylic acids is 2. The quantitative estimate of drug-likeness (QED) is 0.613. The lowest BCUT2D eigenvalue weighted by Crippen LogP contribution is -2.48. The maximum Gasteiger partial charge on any atom is 0.410 e. The van der Waals surface area contributed by atoms with Gasteiger partial charge in [-0.05, 0) is 65.2 Å². The molecule has 2 rings (SSSR count). The number of rotatable bonds is 4. The van der Waals surface area contributed by atoms with Crippen molar-refractivity contribution in [1.29, 1.82) is 0 Å². The van der Waals surface area contributed by atoms with Crippen molar-refractivity contribution in [3.63, 3.8) is 0 Å². The number of esters is 1. The fourth-order valence-corrected chi connectivity index (χ4v) is 4.04. The first-order valence-electron chi connectivity index (χ1n) is 9.70. The fraction of sp³-hybridized carbons (Fsp3) is 0.619. The van der Waals surface area contributed by atoms with Gasteiger partial charge in [0.05, 0.1) is 12.7 Å². The molecule has 0 unspecified atom stereocenters. The summed E-state index contributed by atoms with van der Waals surface area (Å²) < 4.78 is 11.3. The van der Waals surface area contributed by atoms with E-state index in [-0.39, 0.29) is 12.1 Å². The molecule has 1 fully saturated rings. The highest BCUT2D eigenvalue weighted by atomic mass is 79.9. The highest BCUT2D eigenvalue weighted by Gasteiger charge is 2.30. The van der Waals surface area contributed by atoms with Crippen molar-refractivity contribution in [2.75, 3.05) is 31.6 Å². The molecule has 0 N–H and O–H groups in total. The van der Waals surface area contributed by atoms with Crippen LogP contribution in [0.2, 0.25) is 0 Å². The van der Waals surface area contributed by atoms with Crippen molar-refractivity contribution >= 4 is 33.7 Å². The van der Waals surface area contributed by atoms with E-state index in [0.717, 1.165) is 35.1 Å². The maximum atomic E-state index is 12.3. The zero-order chi connectivity index (χ0) is 21.1. The zero-order valence-corrected chi connectivity index (χ0v) is 19.3. The number of hydrogen-bond acceptors (Lipinski definition) is 5. The van der Waals surface area contributed by atoms with Crippen molar-refractivity contribution in [1.82, 2.24) is 4.90 Å². The molecule has 1 aromatic rings. The fourth-order valence-electron chi connectivity index (χ4n) is 3.60. The molecule has 1 aliphatic rings. The minimum atomic E-state index is -0.485. The Morgan fingerprint density at radius 1 is 1.25 bits per heavy atom. The van der Waals surface area contributed by atoms with E-state index in [9.17, 15) is 9.59 Å². The molecule has 0 atom stereocenters. The standard InChI is InChI=1S/C21H31BrN2O4/c1-7-24(18-13-15(22)12-17(14(18)2)19(25)27-6)16-8-10-23(11-9-16)20(26)28-21(3,4)5/h12-13,16H,7-11H2,1-6H3. The van der Waals surface area contributed by atoms with Crippen molar-refractivity contribution in [2.45, 2.75) is 59.1 Å². The summed E-state index contributed by atoms with van der Waals surface area (Å²) in [4.78, 5) is 28.6. The molecule has 6 nitrogen and oxygen atoms in total. The third-order valence-corrected chi connectivity index (χ3v) is 5.42. The van der Waals surface area contributed by atoms with Crippen LogP contribution in [0.1, 0.15) is 56.5 Å². The molecule has 0 bridgehead atoms. The molecule has 0 aromatic heterocycles. The smallest absolute Gasteiger partial charge is 0.410 e. The summed E-state index contributed by atoms with van der Waals surface area (Å²) in [6.45, 7) is 11.8. The number of halogens is 1. The van der Waals surface area contributed by atoms with Crippen LogP contribution in [0.3, 0.4) is 0 Å². The largest absolute Gasteiger partial charge is 0.465 e. The van der Waals surface area contributed by atoms with Crippen molar-refractivity contribution in [3.05, 3.63) is 27.7 Å². The summed E-state index contributed by atoms with van der Waals surface area (Å²) in [5.41, 5.74) is 2.01. The molecule has 1 aromatic carbocycles. The molecule has 1 heterocycles. The molecule has 1 aliphatic heterocycles. The molecule has 1 saturated heterocycles. The number of amides is 1. The molecule has 0 aliphatic carbocycles. The van der Waals surface area contributed by atoms with Crippen molar-refractivity contribution in [3.8, 4) is 0 Å². The predicted octanol–water partition coefficient (Wildman–Crippen LogP) is 4.77.